The molecule has 0 fully saturated rings. The van der Waals surface area contributed by atoms with E-state index in [1.807, 2.05) is 82.0 Å². The number of aromatic nitrogens is 5. The first kappa shape index (κ1) is 17.7. The van der Waals surface area contributed by atoms with Gasteiger partial charge in [-0.25, -0.2) is 4.98 Å². The Labute approximate surface area is 176 Å². The minimum absolute atomic E-state index is 0.479. The summed E-state index contributed by atoms with van der Waals surface area (Å²) in [4.78, 5) is 4.62. The van der Waals surface area contributed by atoms with Crippen LogP contribution in [-0.2, 0) is 0 Å². The van der Waals surface area contributed by atoms with Crippen molar-refractivity contribution in [2.45, 2.75) is 0 Å². The predicted octanol–water partition coefficient (Wildman–Crippen LogP) is 5.69. The van der Waals surface area contributed by atoms with Crippen LogP contribution in [0.15, 0.2) is 79.1 Å². The fourth-order valence-corrected chi connectivity index (χ4v) is 3.45. The van der Waals surface area contributed by atoms with Crippen molar-refractivity contribution in [2.75, 3.05) is 0 Å². The molecule has 0 aliphatic heterocycles. The molecule has 1 N–H and O–H groups in total. The highest BCUT2D eigenvalue weighted by Crippen LogP contribution is 2.26. The lowest BCUT2D eigenvalue weighted by Gasteiger charge is -2.08. The Morgan fingerprint density at radius 1 is 0.966 bits per heavy atom. The predicted molar refractivity (Wildman–Crippen MR) is 114 cm³/mol. The molecule has 5 rings (SSSR count). The molecule has 5 aromatic rings. The van der Waals surface area contributed by atoms with Crippen LogP contribution in [0.1, 0.15) is 0 Å². The maximum absolute atomic E-state index is 6.07. The molecule has 6 nitrogen and oxygen atoms in total. The van der Waals surface area contributed by atoms with Gasteiger partial charge >= 0.3 is 0 Å². The molecule has 0 spiro atoms. The first-order chi connectivity index (χ1) is 14.2. The molecule has 0 radical (unpaired) electrons. The maximum Gasteiger partial charge on any atom is 0.200 e. The van der Waals surface area contributed by atoms with Crippen LogP contribution in [0.25, 0.3) is 22.9 Å². The number of pyridine rings is 1. The first-order valence-electron chi connectivity index (χ1n) is 8.83. The molecule has 0 aliphatic rings. The van der Waals surface area contributed by atoms with Crippen molar-refractivity contribution in [3.05, 3.63) is 88.9 Å². The van der Waals surface area contributed by atoms with Crippen molar-refractivity contribution in [3.8, 4) is 28.7 Å². The van der Waals surface area contributed by atoms with Gasteiger partial charge in [-0.3, -0.25) is 9.67 Å². The molecule has 0 unspecified atom stereocenters. The molecule has 2 aromatic carbocycles. The number of hydrogen-bond donors (Lipinski definition) is 1. The number of benzene rings is 2. The van der Waals surface area contributed by atoms with Gasteiger partial charge in [0.15, 0.2) is 10.6 Å². The van der Waals surface area contributed by atoms with Crippen LogP contribution in [0.2, 0.25) is 5.02 Å². The molecule has 0 bridgehead atoms. The summed E-state index contributed by atoms with van der Waals surface area (Å²) in [6.45, 7) is 0. The molecule has 3 heterocycles. The SMILES string of the molecule is S=c1[nH]nc(-c2cn3ccc(Cl)cc3n2)n1-c1ccc(Oc2ccccc2)cc1. The van der Waals surface area contributed by atoms with E-state index in [1.54, 1.807) is 6.07 Å². The summed E-state index contributed by atoms with van der Waals surface area (Å²) in [6.07, 6.45) is 3.75. The van der Waals surface area contributed by atoms with Gasteiger partial charge in [0.1, 0.15) is 22.8 Å². The van der Waals surface area contributed by atoms with Crippen LogP contribution < -0.4 is 4.74 Å². The smallest absolute Gasteiger partial charge is 0.200 e. The second-order valence-electron chi connectivity index (χ2n) is 6.33. The van der Waals surface area contributed by atoms with Crippen LogP contribution in [0, 0.1) is 4.77 Å². The monoisotopic (exact) mass is 419 g/mol. The van der Waals surface area contributed by atoms with Gasteiger partial charge < -0.3 is 9.14 Å². The van der Waals surface area contributed by atoms with Crippen molar-refractivity contribution >= 4 is 29.5 Å². The van der Waals surface area contributed by atoms with Crippen LogP contribution in [0.3, 0.4) is 0 Å². The van der Waals surface area contributed by atoms with E-state index in [2.05, 4.69) is 15.2 Å². The molecule has 0 atom stereocenters. The fraction of sp³-hybridized carbons (Fsp3) is 0. The van der Waals surface area contributed by atoms with Gasteiger partial charge in [0.05, 0.1) is 5.69 Å². The van der Waals surface area contributed by atoms with Gasteiger partial charge in [-0.05, 0) is 54.7 Å². The fourth-order valence-electron chi connectivity index (χ4n) is 3.06. The summed E-state index contributed by atoms with van der Waals surface area (Å²) < 4.78 is 10.1. The van der Waals surface area contributed by atoms with Crippen LogP contribution in [-0.4, -0.2) is 24.1 Å². The molecule has 0 amide bonds. The van der Waals surface area contributed by atoms with Gasteiger partial charge in [-0.2, -0.15) is 5.10 Å². The van der Waals surface area contributed by atoms with E-state index in [-0.39, 0.29) is 0 Å². The lowest BCUT2D eigenvalue weighted by Crippen LogP contribution is -1.98. The molecule has 3 aromatic heterocycles. The summed E-state index contributed by atoms with van der Waals surface area (Å²) in [5, 5.41) is 7.86. The number of aromatic amines is 1. The number of nitrogens with one attached hydrogen (secondary N) is 1. The van der Waals surface area contributed by atoms with Gasteiger partial charge in [0, 0.05) is 23.5 Å². The second kappa shape index (κ2) is 7.20. The zero-order chi connectivity index (χ0) is 19.8. The molecule has 142 valence electrons. The third-order valence-electron chi connectivity index (χ3n) is 4.40. The average Bonchev–Trinajstić information content (AvgIpc) is 3.32. The van der Waals surface area contributed by atoms with Crippen LogP contribution in [0.4, 0.5) is 0 Å². The Hall–Kier alpha value is -3.42. The Balaban J connectivity index is 1.51. The third kappa shape index (κ3) is 3.41. The molecular formula is C21H14ClN5OS. The third-order valence-corrected chi connectivity index (χ3v) is 4.91. The van der Waals surface area contributed by atoms with Crippen LogP contribution in [0.5, 0.6) is 11.5 Å². The van der Waals surface area contributed by atoms with Gasteiger partial charge in [0.2, 0.25) is 0 Å². The molecule has 0 saturated carbocycles. The van der Waals surface area contributed by atoms with Crippen LogP contribution >= 0.6 is 23.8 Å². The van der Waals surface area contributed by atoms with E-state index >= 15 is 0 Å². The van der Waals surface area contributed by atoms with Crippen molar-refractivity contribution < 1.29 is 4.74 Å². The topological polar surface area (TPSA) is 60.1 Å². The number of para-hydroxylation sites is 1. The number of rotatable bonds is 4. The number of imidazole rings is 1. The highest BCUT2D eigenvalue weighted by Gasteiger charge is 2.14. The molecule has 0 saturated heterocycles. The largest absolute Gasteiger partial charge is 0.457 e. The normalized spacial score (nSPS) is 11.1. The number of nitrogens with zero attached hydrogens (tertiary/aromatic N) is 4. The molecule has 29 heavy (non-hydrogen) atoms. The Morgan fingerprint density at radius 3 is 2.52 bits per heavy atom. The van der Waals surface area contributed by atoms with Gasteiger partial charge in [-0.1, -0.05) is 29.8 Å². The molecule has 0 aliphatic carbocycles. The number of hydrogen-bond acceptors (Lipinski definition) is 4. The first-order valence-corrected chi connectivity index (χ1v) is 9.61. The highest BCUT2D eigenvalue weighted by molar-refractivity contribution is 7.71. The second-order valence-corrected chi connectivity index (χ2v) is 7.16. The Bertz CT molecular complexity index is 1360. The van der Waals surface area contributed by atoms with Gasteiger partial charge in [0.25, 0.3) is 0 Å². The van der Waals surface area contributed by atoms with Gasteiger partial charge in [-0.15, -0.1) is 0 Å². The summed E-state index contributed by atoms with van der Waals surface area (Å²) in [7, 11) is 0. The Kier molecular flexibility index (Phi) is 4.38. The standard InChI is InChI=1S/C21H14ClN5OS/c22-14-10-11-26-13-18(23-19(26)12-14)20-24-25-21(29)27(20)15-6-8-17(9-7-15)28-16-4-2-1-3-5-16/h1-13H,(H,25,29). The lowest BCUT2D eigenvalue weighted by molar-refractivity contribution is 0.482. The lowest BCUT2D eigenvalue weighted by atomic mass is 10.3. The van der Waals surface area contributed by atoms with Crippen molar-refractivity contribution in [3.63, 3.8) is 0 Å². The van der Waals surface area contributed by atoms with Crippen molar-refractivity contribution in [1.29, 1.82) is 0 Å². The summed E-state index contributed by atoms with van der Waals surface area (Å²) in [6, 6.07) is 20.9. The van der Waals surface area contributed by atoms with Crippen molar-refractivity contribution in [2.24, 2.45) is 0 Å². The zero-order valence-electron chi connectivity index (χ0n) is 15.0. The summed E-state index contributed by atoms with van der Waals surface area (Å²) >= 11 is 11.5. The van der Waals surface area contributed by atoms with E-state index in [1.165, 1.54) is 0 Å². The summed E-state index contributed by atoms with van der Waals surface area (Å²) in [5.74, 6) is 2.13. The van der Waals surface area contributed by atoms with E-state index in [0.29, 0.717) is 21.3 Å². The van der Waals surface area contributed by atoms with E-state index < -0.39 is 0 Å². The molecule has 8 heteroatoms. The summed E-state index contributed by atoms with van der Waals surface area (Å²) in [5.41, 5.74) is 2.28. The minimum atomic E-state index is 0.479. The maximum atomic E-state index is 6.07. The number of H-pyrrole nitrogens is 1. The zero-order valence-corrected chi connectivity index (χ0v) is 16.6. The Morgan fingerprint density at radius 2 is 1.72 bits per heavy atom. The van der Waals surface area contributed by atoms with E-state index in [0.717, 1.165) is 22.8 Å². The quantitative estimate of drug-likeness (QED) is 0.380. The number of fused-ring (bicyclic) bond motifs is 1. The average molecular weight is 420 g/mol. The van der Waals surface area contributed by atoms with E-state index in [9.17, 15) is 0 Å². The van der Waals surface area contributed by atoms with E-state index in [4.69, 9.17) is 28.6 Å². The molecular weight excluding hydrogens is 406 g/mol. The highest BCUT2D eigenvalue weighted by atomic mass is 35.5. The number of halogens is 1. The minimum Gasteiger partial charge on any atom is -0.457 e. The van der Waals surface area contributed by atoms with Crippen molar-refractivity contribution in [1.82, 2.24) is 24.1 Å². The number of ether oxygens (including phenoxy) is 1.